The predicted octanol–water partition coefficient (Wildman–Crippen LogP) is 3.66. The summed E-state index contributed by atoms with van der Waals surface area (Å²) in [6.45, 7) is 0. The first kappa shape index (κ1) is 17.7. The molecule has 0 fully saturated rings. The number of nitriles is 1. The molecule has 0 aliphatic rings. The highest BCUT2D eigenvalue weighted by molar-refractivity contribution is 7.92. The van der Waals surface area contributed by atoms with Crippen LogP contribution in [-0.2, 0) is 9.84 Å². The average Bonchev–Trinajstić information content (AvgIpc) is 3.05. The van der Waals surface area contributed by atoms with Gasteiger partial charge in [-0.2, -0.15) is 23.5 Å². The number of nitrogens with one attached hydrogen (secondary N) is 1. The van der Waals surface area contributed by atoms with Crippen molar-refractivity contribution in [2.75, 3.05) is 0 Å². The van der Waals surface area contributed by atoms with Gasteiger partial charge in [-0.15, -0.1) is 0 Å². The molecule has 0 atom stereocenters. The van der Waals surface area contributed by atoms with E-state index in [2.05, 4.69) is 10.2 Å². The van der Waals surface area contributed by atoms with Crippen LogP contribution in [0.15, 0.2) is 41.4 Å². The van der Waals surface area contributed by atoms with Gasteiger partial charge in [0.05, 0.1) is 28.7 Å². The SMILES string of the molecule is N#Cc1ccc(F)c(Oc2ccc(S(=O)(=O)C(F)(F)F)c3[nH]ncc23)c1. The van der Waals surface area contributed by atoms with E-state index < -0.39 is 31.6 Å². The lowest BCUT2D eigenvalue weighted by molar-refractivity contribution is -0.0435. The number of benzene rings is 2. The van der Waals surface area contributed by atoms with Crippen molar-refractivity contribution in [3.05, 3.63) is 47.9 Å². The summed E-state index contributed by atoms with van der Waals surface area (Å²) in [7, 11) is -5.63. The van der Waals surface area contributed by atoms with Crippen molar-refractivity contribution < 1.29 is 30.7 Å². The first-order valence-electron chi connectivity index (χ1n) is 6.80. The number of aromatic amines is 1. The van der Waals surface area contributed by atoms with Crippen molar-refractivity contribution in [2.24, 2.45) is 0 Å². The van der Waals surface area contributed by atoms with Gasteiger partial charge in [0.15, 0.2) is 11.6 Å². The van der Waals surface area contributed by atoms with Gasteiger partial charge < -0.3 is 4.74 Å². The standard InChI is InChI=1S/C15H7F4N3O3S/c16-10-2-1-8(6-20)5-12(10)25-11-3-4-13(14-9(11)7-21-22-14)26(23,24)15(17,18)19/h1-5,7H,(H,21,22). The third-order valence-corrected chi connectivity index (χ3v) is 4.94. The Morgan fingerprint density at radius 3 is 2.54 bits per heavy atom. The minimum atomic E-state index is -5.63. The normalized spacial score (nSPS) is 12.1. The van der Waals surface area contributed by atoms with Gasteiger partial charge in [-0.3, -0.25) is 5.10 Å². The Bertz CT molecular complexity index is 1150. The molecule has 0 bridgehead atoms. The largest absolute Gasteiger partial charge is 0.501 e. The van der Waals surface area contributed by atoms with Gasteiger partial charge in [0.25, 0.3) is 9.84 Å². The molecule has 0 unspecified atom stereocenters. The summed E-state index contributed by atoms with van der Waals surface area (Å²) in [5, 5.41) is 14.5. The van der Waals surface area contributed by atoms with E-state index in [0.717, 1.165) is 24.4 Å². The molecule has 26 heavy (non-hydrogen) atoms. The highest BCUT2D eigenvalue weighted by atomic mass is 32.2. The fourth-order valence-electron chi connectivity index (χ4n) is 2.19. The van der Waals surface area contributed by atoms with Gasteiger partial charge >= 0.3 is 5.51 Å². The molecular formula is C15H7F4N3O3S. The second-order valence-electron chi connectivity index (χ2n) is 5.03. The maximum absolute atomic E-state index is 13.8. The Kier molecular flexibility index (Phi) is 4.08. The minimum absolute atomic E-state index is 0.0982. The summed E-state index contributed by atoms with van der Waals surface area (Å²) in [5.41, 5.74) is -5.83. The maximum atomic E-state index is 13.8. The summed E-state index contributed by atoms with van der Waals surface area (Å²) >= 11 is 0. The quantitative estimate of drug-likeness (QED) is 0.694. The van der Waals surface area contributed by atoms with E-state index in [9.17, 15) is 26.0 Å². The van der Waals surface area contributed by atoms with Gasteiger partial charge in [0.1, 0.15) is 10.6 Å². The second-order valence-corrected chi connectivity index (χ2v) is 6.94. The molecule has 0 amide bonds. The molecule has 3 aromatic rings. The molecule has 0 aliphatic carbocycles. The Balaban J connectivity index is 2.14. The van der Waals surface area contributed by atoms with Gasteiger partial charge in [0.2, 0.25) is 0 Å². The summed E-state index contributed by atoms with van der Waals surface area (Å²) in [6.07, 6.45) is 1.05. The maximum Gasteiger partial charge on any atom is 0.501 e. The molecule has 1 aromatic heterocycles. The van der Waals surface area contributed by atoms with Crippen molar-refractivity contribution in [3.63, 3.8) is 0 Å². The lowest BCUT2D eigenvalue weighted by Gasteiger charge is -2.12. The van der Waals surface area contributed by atoms with Gasteiger partial charge in [0, 0.05) is 6.07 Å². The van der Waals surface area contributed by atoms with Gasteiger partial charge in [-0.05, 0) is 24.3 Å². The van der Waals surface area contributed by atoms with Crippen LogP contribution in [0.1, 0.15) is 5.56 Å². The van der Waals surface area contributed by atoms with Crippen LogP contribution in [0.25, 0.3) is 10.9 Å². The number of fused-ring (bicyclic) bond motifs is 1. The third kappa shape index (κ3) is 2.84. The van der Waals surface area contributed by atoms with Crippen LogP contribution < -0.4 is 4.74 Å². The first-order chi connectivity index (χ1) is 12.1. The van der Waals surface area contributed by atoms with E-state index in [1.165, 1.54) is 6.07 Å². The van der Waals surface area contributed by atoms with Crippen molar-refractivity contribution in [1.82, 2.24) is 10.2 Å². The van der Waals surface area contributed by atoms with Crippen molar-refractivity contribution >= 4 is 20.7 Å². The van der Waals surface area contributed by atoms with Crippen LogP contribution >= 0.6 is 0 Å². The molecule has 134 valence electrons. The average molecular weight is 385 g/mol. The minimum Gasteiger partial charge on any atom is -0.453 e. The molecule has 11 heteroatoms. The van der Waals surface area contributed by atoms with Gasteiger partial charge in [-0.25, -0.2) is 12.8 Å². The Morgan fingerprint density at radius 2 is 1.88 bits per heavy atom. The number of sulfone groups is 1. The van der Waals surface area contributed by atoms with E-state index in [0.29, 0.717) is 6.07 Å². The summed E-state index contributed by atoms with van der Waals surface area (Å²) in [6, 6.07) is 6.73. The lowest BCUT2D eigenvalue weighted by Crippen LogP contribution is -2.23. The molecule has 1 heterocycles. The number of hydrogen-bond acceptors (Lipinski definition) is 5. The van der Waals surface area contributed by atoms with E-state index in [-0.39, 0.29) is 22.4 Å². The van der Waals surface area contributed by atoms with E-state index in [1.807, 2.05) is 0 Å². The number of rotatable bonds is 3. The van der Waals surface area contributed by atoms with Crippen molar-refractivity contribution in [1.29, 1.82) is 5.26 Å². The molecule has 3 rings (SSSR count). The molecule has 6 nitrogen and oxygen atoms in total. The molecule has 0 spiro atoms. The number of nitrogens with zero attached hydrogens (tertiary/aromatic N) is 2. The number of ether oxygens (including phenoxy) is 1. The van der Waals surface area contributed by atoms with E-state index in [1.54, 1.807) is 6.07 Å². The monoisotopic (exact) mass is 385 g/mol. The van der Waals surface area contributed by atoms with Crippen molar-refractivity contribution in [3.8, 4) is 17.6 Å². The smallest absolute Gasteiger partial charge is 0.453 e. The van der Waals surface area contributed by atoms with Crippen LogP contribution in [0, 0.1) is 17.1 Å². The number of hydrogen-bond donors (Lipinski definition) is 1. The number of H-pyrrole nitrogens is 1. The zero-order valence-corrected chi connectivity index (χ0v) is 13.3. The molecule has 0 radical (unpaired) electrons. The number of aromatic nitrogens is 2. The topological polar surface area (TPSA) is 95.8 Å². The molecule has 2 aromatic carbocycles. The fourth-order valence-corrected chi connectivity index (χ4v) is 3.11. The molecule has 1 N–H and O–H groups in total. The molecule has 0 saturated carbocycles. The van der Waals surface area contributed by atoms with Crippen LogP contribution in [0.2, 0.25) is 0 Å². The van der Waals surface area contributed by atoms with Crippen LogP contribution in [-0.4, -0.2) is 24.1 Å². The second kappa shape index (κ2) is 5.99. The summed E-state index contributed by atoms with van der Waals surface area (Å²) < 4.78 is 80.9. The van der Waals surface area contributed by atoms with Crippen molar-refractivity contribution in [2.45, 2.75) is 10.4 Å². The summed E-state index contributed by atoms with van der Waals surface area (Å²) in [5.74, 6) is -1.30. The zero-order chi connectivity index (χ0) is 19.1. The van der Waals surface area contributed by atoms with Crippen LogP contribution in [0.5, 0.6) is 11.5 Å². The van der Waals surface area contributed by atoms with E-state index in [4.69, 9.17) is 10.00 Å². The Hall–Kier alpha value is -3.13. The number of halogens is 4. The van der Waals surface area contributed by atoms with Gasteiger partial charge in [-0.1, -0.05) is 0 Å². The van der Waals surface area contributed by atoms with Crippen LogP contribution in [0.4, 0.5) is 17.6 Å². The van der Waals surface area contributed by atoms with Crippen LogP contribution in [0.3, 0.4) is 0 Å². The molecule has 0 aliphatic heterocycles. The van der Waals surface area contributed by atoms with E-state index >= 15 is 0 Å². The summed E-state index contributed by atoms with van der Waals surface area (Å²) in [4.78, 5) is -1.03. The Morgan fingerprint density at radius 1 is 1.15 bits per heavy atom. The molecular weight excluding hydrogens is 378 g/mol. The first-order valence-corrected chi connectivity index (χ1v) is 8.28. The molecule has 0 saturated heterocycles. The Labute approximate surface area is 143 Å². The fraction of sp³-hybridized carbons (Fsp3) is 0.0667. The third-order valence-electron chi connectivity index (χ3n) is 3.41. The highest BCUT2D eigenvalue weighted by Gasteiger charge is 2.48. The zero-order valence-electron chi connectivity index (χ0n) is 12.5. The number of alkyl halides is 3. The lowest BCUT2D eigenvalue weighted by atomic mass is 10.2. The predicted molar refractivity (Wildman–Crippen MR) is 80.5 cm³/mol. The highest BCUT2D eigenvalue weighted by Crippen LogP contribution is 2.38.